The highest BCUT2D eigenvalue weighted by Crippen LogP contribution is 2.33. The van der Waals surface area contributed by atoms with Crippen LogP contribution in [0, 0.1) is 17.1 Å². The third kappa shape index (κ3) is 3.46. The van der Waals surface area contributed by atoms with Gasteiger partial charge in [-0.2, -0.15) is 5.26 Å². The van der Waals surface area contributed by atoms with Gasteiger partial charge in [0.15, 0.2) is 0 Å². The summed E-state index contributed by atoms with van der Waals surface area (Å²) in [4.78, 5) is 0.521. The normalized spacial score (nSPS) is 11.6. The molecular formula is C16H11BrFNOS. The standard InChI is InChI=1S/C16H11BrFNOS/c1-20-12-5-2-10(3-6-12)16(21)14(9-19)13-7-4-11(18)8-15(13)17/h2-8,21H,1H3/b16-14-. The molecule has 0 unspecified atom stereocenters. The summed E-state index contributed by atoms with van der Waals surface area (Å²) in [5.74, 6) is 0.356. The number of benzene rings is 2. The van der Waals surface area contributed by atoms with Crippen molar-refractivity contribution in [3.63, 3.8) is 0 Å². The predicted molar refractivity (Wildman–Crippen MR) is 88.5 cm³/mol. The van der Waals surface area contributed by atoms with E-state index in [1.807, 2.05) is 12.1 Å². The van der Waals surface area contributed by atoms with E-state index in [0.29, 0.717) is 20.5 Å². The molecule has 0 saturated heterocycles. The van der Waals surface area contributed by atoms with E-state index in [1.165, 1.54) is 12.1 Å². The monoisotopic (exact) mass is 363 g/mol. The smallest absolute Gasteiger partial charge is 0.124 e. The second kappa shape index (κ2) is 6.79. The van der Waals surface area contributed by atoms with Gasteiger partial charge >= 0.3 is 0 Å². The molecule has 106 valence electrons. The number of nitrogens with zero attached hydrogens (tertiary/aromatic N) is 1. The van der Waals surface area contributed by atoms with E-state index in [0.717, 1.165) is 11.3 Å². The van der Waals surface area contributed by atoms with Crippen LogP contribution in [-0.4, -0.2) is 7.11 Å². The van der Waals surface area contributed by atoms with Crippen LogP contribution < -0.4 is 4.74 Å². The molecule has 0 aliphatic rings. The third-order valence-corrected chi connectivity index (χ3v) is 4.05. The maximum absolute atomic E-state index is 13.2. The lowest BCUT2D eigenvalue weighted by Gasteiger charge is -2.08. The van der Waals surface area contributed by atoms with Crippen LogP contribution in [-0.2, 0) is 0 Å². The van der Waals surface area contributed by atoms with Gasteiger partial charge in [0.25, 0.3) is 0 Å². The van der Waals surface area contributed by atoms with Gasteiger partial charge in [-0.05, 0) is 35.9 Å². The van der Waals surface area contributed by atoms with Crippen LogP contribution in [0.25, 0.3) is 10.5 Å². The molecule has 0 aliphatic heterocycles. The molecule has 21 heavy (non-hydrogen) atoms. The Morgan fingerprint density at radius 1 is 1.24 bits per heavy atom. The second-order valence-corrected chi connectivity index (χ2v) is 5.49. The van der Waals surface area contributed by atoms with Crippen molar-refractivity contribution in [1.82, 2.24) is 0 Å². The predicted octanol–water partition coefficient (Wildman–Crippen LogP) is 4.92. The molecule has 0 heterocycles. The van der Waals surface area contributed by atoms with Crippen LogP contribution in [0.1, 0.15) is 11.1 Å². The number of thiol groups is 1. The summed E-state index contributed by atoms with van der Waals surface area (Å²) in [6.45, 7) is 0. The van der Waals surface area contributed by atoms with Crippen LogP contribution >= 0.6 is 28.6 Å². The summed E-state index contributed by atoms with van der Waals surface area (Å²) >= 11 is 7.72. The molecule has 0 radical (unpaired) electrons. The summed E-state index contributed by atoms with van der Waals surface area (Å²) in [6, 6.07) is 13.5. The van der Waals surface area contributed by atoms with Crippen LogP contribution in [0.5, 0.6) is 5.75 Å². The first-order valence-corrected chi connectivity index (χ1v) is 7.24. The Bertz CT molecular complexity index is 735. The Labute approximate surface area is 136 Å². The zero-order valence-electron chi connectivity index (χ0n) is 11.1. The van der Waals surface area contributed by atoms with E-state index in [-0.39, 0.29) is 5.82 Å². The van der Waals surface area contributed by atoms with Crippen LogP contribution in [0.3, 0.4) is 0 Å². The molecule has 2 aromatic rings. The summed E-state index contributed by atoms with van der Waals surface area (Å²) in [5.41, 5.74) is 1.75. The van der Waals surface area contributed by atoms with Crippen molar-refractivity contribution in [3.8, 4) is 11.8 Å². The number of rotatable bonds is 3. The Kier molecular flexibility index (Phi) is 5.05. The van der Waals surface area contributed by atoms with E-state index in [2.05, 4.69) is 34.6 Å². The lowest BCUT2D eigenvalue weighted by Crippen LogP contribution is -1.90. The van der Waals surface area contributed by atoms with Crippen molar-refractivity contribution in [1.29, 1.82) is 5.26 Å². The first kappa shape index (κ1) is 15.6. The number of halogens is 2. The Balaban J connectivity index is 2.53. The highest BCUT2D eigenvalue weighted by molar-refractivity contribution is 9.10. The van der Waals surface area contributed by atoms with Gasteiger partial charge in [0.05, 0.1) is 12.7 Å². The van der Waals surface area contributed by atoms with E-state index in [1.54, 1.807) is 25.3 Å². The highest BCUT2D eigenvalue weighted by atomic mass is 79.9. The number of hydrogen-bond donors (Lipinski definition) is 1. The van der Waals surface area contributed by atoms with Gasteiger partial charge in [0.2, 0.25) is 0 Å². The number of methoxy groups -OCH3 is 1. The minimum absolute atomic E-state index is 0.368. The van der Waals surface area contributed by atoms with E-state index < -0.39 is 0 Å². The zero-order valence-corrected chi connectivity index (χ0v) is 13.6. The summed E-state index contributed by atoms with van der Waals surface area (Å²) < 4.78 is 18.8. The van der Waals surface area contributed by atoms with Crippen LogP contribution in [0.15, 0.2) is 46.9 Å². The maximum Gasteiger partial charge on any atom is 0.124 e. The average Bonchev–Trinajstić information content (AvgIpc) is 2.50. The van der Waals surface area contributed by atoms with E-state index in [9.17, 15) is 9.65 Å². The minimum Gasteiger partial charge on any atom is -0.497 e. The fraction of sp³-hybridized carbons (Fsp3) is 0.0625. The van der Waals surface area contributed by atoms with Crippen molar-refractivity contribution in [2.24, 2.45) is 0 Å². The lowest BCUT2D eigenvalue weighted by molar-refractivity contribution is 0.415. The molecular weight excluding hydrogens is 353 g/mol. The van der Waals surface area contributed by atoms with Gasteiger partial charge in [-0.25, -0.2) is 4.39 Å². The SMILES string of the molecule is COc1ccc(/C(S)=C(\C#N)c2ccc(F)cc2Br)cc1. The summed E-state index contributed by atoms with van der Waals surface area (Å²) in [6.07, 6.45) is 0. The number of ether oxygens (including phenoxy) is 1. The molecule has 0 aromatic heterocycles. The largest absolute Gasteiger partial charge is 0.497 e. The van der Waals surface area contributed by atoms with Gasteiger partial charge in [0, 0.05) is 14.9 Å². The first-order chi connectivity index (χ1) is 10.1. The topological polar surface area (TPSA) is 33.0 Å². The molecule has 0 fully saturated rings. The summed E-state index contributed by atoms with van der Waals surface area (Å²) in [5, 5.41) is 9.41. The highest BCUT2D eigenvalue weighted by Gasteiger charge is 2.12. The lowest BCUT2D eigenvalue weighted by atomic mass is 10.0. The fourth-order valence-electron chi connectivity index (χ4n) is 1.83. The molecule has 0 aliphatic carbocycles. The van der Waals surface area contributed by atoms with Gasteiger partial charge in [-0.1, -0.05) is 28.1 Å². The molecule has 2 nitrogen and oxygen atoms in total. The number of hydrogen-bond acceptors (Lipinski definition) is 3. The van der Waals surface area contributed by atoms with Gasteiger partial charge in [-0.3, -0.25) is 0 Å². The van der Waals surface area contributed by atoms with Gasteiger partial charge < -0.3 is 4.74 Å². The Hall–Kier alpha value is -1.77. The molecule has 0 atom stereocenters. The molecule has 0 amide bonds. The van der Waals surface area contributed by atoms with E-state index >= 15 is 0 Å². The van der Waals surface area contributed by atoms with Gasteiger partial charge in [0.1, 0.15) is 17.6 Å². The van der Waals surface area contributed by atoms with E-state index in [4.69, 9.17) is 4.74 Å². The molecule has 0 spiro atoms. The number of allylic oxidation sites excluding steroid dienone is 1. The van der Waals surface area contributed by atoms with Crippen molar-refractivity contribution in [2.75, 3.05) is 7.11 Å². The Morgan fingerprint density at radius 2 is 1.90 bits per heavy atom. The second-order valence-electron chi connectivity index (χ2n) is 4.19. The van der Waals surface area contributed by atoms with Crippen LogP contribution in [0.4, 0.5) is 4.39 Å². The third-order valence-electron chi connectivity index (χ3n) is 2.91. The fourth-order valence-corrected chi connectivity index (χ4v) is 2.69. The van der Waals surface area contributed by atoms with Crippen molar-refractivity contribution in [2.45, 2.75) is 0 Å². The summed E-state index contributed by atoms with van der Waals surface area (Å²) in [7, 11) is 1.59. The van der Waals surface area contributed by atoms with Crippen molar-refractivity contribution >= 4 is 39.0 Å². The minimum atomic E-state index is -0.368. The number of nitriles is 1. The van der Waals surface area contributed by atoms with Crippen molar-refractivity contribution < 1.29 is 9.13 Å². The van der Waals surface area contributed by atoms with Crippen molar-refractivity contribution in [3.05, 3.63) is 63.9 Å². The first-order valence-electron chi connectivity index (χ1n) is 6.00. The van der Waals surface area contributed by atoms with Gasteiger partial charge in [-0.15, -0.1) is 12.6 Å². The molecule has 0 bridgehead atoms. The van der Waals surface area contributed by atoms with Crippen LogP contribution in [0.2, 0.25) is 0 Å². The maximum atomic E-state index is 13.2. The average molecular weight is 364 g/mol. The molecule has 2 aromatic carbocycles. The molecule has 0 saturated carbocycles. The molecule has 0 N–H and O–H groups in total. The Morgan fingerprint density at radius 3 is 2.43 bits per heavy atom. The molecule has 5 heteroatoms. The quantitative estimate of drug-likeness (QED) is 0.477. The molecule has 2 rings (SSSR count). The zero-order chi connectivity index (χ0) is 15.4.